The maximum absolute atomic E-state index is 10.0. The molecule has 4 heteroatoms. The lowest BCUT2D eigenvalue weighted by Gasteiger charge is -2.05. The van der Waals surface area contributed by atoms with Crippen molar-refractivity contribution in [2.75, 3.05) is 6.61 Å². The van der Waals surface area contributed by atoms with Crippen LogP contribution in [-0.2, 0) is 4.79 Å². The lowest BCUT2D eigenvalue weighted by atomic mass is 10.3. The quantitative estimate of drug-likeness (QED) is 0.723. The summed E-state index contributed by atoms with van der Waals surface area (Å²) in [6, 6.07) is 6.71. The van der Waals surface area contributed by atoms with Gasteiger partial charge < -0.3 is 14.6 Å². The topological polar surface area (TPSA) is 49.4 Å². The van der Waals surface area contributed by atoms with Gasteiger partial charge in [0, 0.05) is 17.4 Å². The van der Waals surface area contributed by atoms with Gasteiger partial charge in [-0.15, -0.1) is 0 Å². The third-order valence-corrected chi connectivity index (χ3v) is 1.64. The van der Waals surface area contributed by atoms with Crippen molar-refractivity contribution in [2.45, 2.75) is 6.42 Å². The van der Waals surface area contributed by atoms with Crippen LogP contribution in [0.25, 0.3) is 0 Å². The van der Waals surface area contributed by atoms with Crippen LogP contribution in [0.1, 0.15) is 6.42 Å². The van der Waals surface area contributed by atoms with Crippen LogP contribution in [0.4, 0.5) is 0 Å². The molecule has 70 valence electrons. The third-order valence-electron chi connectivity index (χ3n) is 1.39. The Kier molecular flexibility index (Phi) is 3.58. The molecule has 0 radical (unpaired) electrons. The highest BCUT2D eigenvalue weighted by Crippen LogP contribution is 2.15. The predicted molar refractivity (Wildman–Crippen MR) is 46.6 cm³/mol. The number of aliphatic carboxylic acids is 1. The molecule has 0 heterocycles. The molecule has 0 atom stereocenters. The van der Waals surface area contributed by atoms with E-state index in [9.17, 15) is 9.90 Å². The van der Waals surface area contributed by atoms with Crippen LogP contribution in [0.15, 0.2) is 24.3 Å². The first kappa shape index (κ1) is 9.86. The Morgan fingerprint density at radius 1 is 1.38 bits per heavy atom. The summed E-state index contributed by atoms with van der Waals surface area (Å²) in [6.07, 6.45) is -0.109. The molecule has 13 heavy (non-hydrogen) atoms. The van der Waals surface area contributed by atoms with Gasteiger partial charge >= 0.3 is 0 Å². The Hall–Kier alpha value is -1.22. The number of hydrogen-bond donors (Lipinski definition) is 0. The highest BCUT2D eigenvalue weighted by molar-refractivity contribution is 6.30. The standard InChI is InChI=1S/C9H9ClO3/c10-7-1-3-8(4-2-7)13-6-5-9(11)12/h1-4H,5-6H2,(H,11,12)/p-1. The van der Waals surface area contributed by atoms with E-state index in [2.05, 4.69) is 0 Å². The maximum Gasteiger partial charge on any atom is 0.119 e. The van der Waals surface area contributed by atoms with E-state index >= 15 is 0 Å². The van der Waals surface area contributed by atoms with Crippen molar-refractivity contribution < 1.29 is 14.6 Å². The van der Waals surface area contributed by atoms with Gasteiger partial charge in [0.1, 0.15) is 5.75 Å². The molecule has 0 bridgehead atoms. The van der Waals surface area contributed by atoms with Crippen molar-refractivity contribution in [3.8, 4) is 5.75 Å². The Labute approximate surface area is 80.9 Å². The number of carbonyl (C=O) groups excluding carboxylic acids is 1. The van der Waals surface area contributed by atoms with Crippen LogP contribution in [0.5, 0.6) is 5.75 Å². The maximum atomic E-state index is 10.0. The van der Waals surface area contributed by atoms with Gasteiger partial charge in [-0.05, 0) is 24.3 Å². The zero-order valence-electron chi connectivity index (χ0n) is 6.83. The molecule has 1 aromatic rings. The Morgan fingerprint density at radius 2 is 2.00 bits per heavy atom. The summed E-state index contributed by atoms with van der Waals surface area (Å²) in [5.74, 6) is -0.514. The molecule has 0 saturated carbocycles. The minimum absolute atomic E-state index is 0.109. The van der Waals surface area contributed by atoms with Gasteiger partial charge in [0.15, 0.2) is 0 Å². The molecule has 0 amide bonds. The molecular formula is C9H8ClO3-. The molecule has 0 saturated heterocycles. The SMILES string of the molecule is O=C([O-])CCOc1ccc(Cl)cc1. The molecule has 0 aliphatic carbocycles. The summed E-state index contributed by atoms with van der Waals surface area (Å²) < 4.78 is 5.09. The highest BCUT2D eigenvalue weighted by Gasteiger charge is 1.93. The van der Waals surface area contributed by atoms with Gasteiger partial charge in [-0.1, -0.05) is 11.6 Å². The zero-order valence-corrected chi connectivity index (χ0v) is 7.58. The van der Waals surface area contributed by atoms with E-state index in [1.165, 1.54) is 0 Å². The van der Waals surface area contributed by atoms with E-state index in [-0.39, 0.29) is 13.0 Å². The predicted octanol–water partition coefficient (Wildman–Crippen LogP) is 0.859. The van der Waals surface area contributed by atoms with E-state index in [4.69, 9.17) is 16.3 Å². The van der Waals surface area contributed by atoms with E-state index in [1.54, 1.807) is 24.3 Å². The smallest absolute Gasteiger partial charge is 0.119 e. The summed E-state index contributed by atoms with van der Waals surface area (Å²) >= 11 is 5.64. The monoisotopic (exact) mass is 199 g/mol. The molecule has 0 aromatic heterocycles. The molecule has 3 nitrogen and oxygen atoms in total. The van der Waals surface area contributed by atoms with E-state index in [0.717, 1.165) is 0 Å². The van der Waals surface area contributed by atoms with E-state index in [0.29, 0.717) is 10.8 Å². The molecule has 0 spiro atoms. The van der Waals surface area contributed by atoms with Crippen LogP contribution < -0.4 is 9.84 Å². The molecule has 0 fully saturated rings. The fourth-order valence-electron chi connectivity index (χ4n) is 0.783. The number of halogens is 1. The molecule has 0 N–H and O–H groups in total. The van der Waals surface area contributed by atoms with Crippen LogP contribution in [-0.4, -0.2) is 12.6 Å². The number of carboxylic acids is 1. The summed E-state index contributed by atoms with van der Waals surface area (Å²) in [5, 5.41) is 10.6. The second-order valence-corrected chi connectivity index (χ2v) is 2.86. The number of ether oxygens (including phenoxy) is 1. The number of benzene rings is 1. The Bertz CT molecular complexity index is 281. The number of carboxylic acid groups (broad SMARTS) is 1. The van der Waals surface area contributed by atoms with Gasteiger partial charge in [0.05, 0.1) is 6.61 Å². The van der Waals surface area contributed by atoms with E-state index in [1.807, 2.05) is 0 Å². The molecule has 0 unspecified atom stereocenters. The second kappa shape index (κ2) is 4.72. The summed E-state index contributed by atoms with van der Waals surface area (Å²) in [5.41, 5.74) is 0. The number of hydrogen-bond acceptors (Lipinski definition) is 3. The first-order chi connectivity index (χ1) is 6.18. The van der Waals surface area contributed by atoms with Crippen LogP contribution in [0.3, 0.4) is 0 Å². The summed E-state index contributed by atoms with van der Waals surface area (Å²) in [4.78, 5) is 10.0. The Morgan fingerprint density at radius 3 is 2.54 bits per heavy atom. The fourth-order valence-corrected chi connectivity index (χ4v) is 0.909. The average Bonchev–Trinajstić information content (AvgIpc) is 2.08. The Balaban J connectivity index is 2.37. The molecular weight excluding hydrogens is 192 g/mol. The largest absolute Gasteiger partial charge is 0.550 e. The third kappa shape index (κ3) is 3.80. The molecule has 0 aliphatic rings. The number of carbonyl (C=O) groups is 1. The van der Waals surface area contributed by atoms with Gasteiger partial charge in [-0.3, -0.25) is 0 Å². The van der Waals surface area contributed by atoms with Crippen molar-refractivity contribution in [3.05, 3.63) is 29.3 Å². The van der Waals surface area contributed by atoms with Crippen molar-refractivity contribution in [1.29, 1.82) is 0 Å². The van der Waals surface area contributed by atoms with Gasteiger partial charge in [0.2, 0.25) is 0 Å². The van der Waals surface area contributed by atoms with Crippen LogP contribution in [0, 0.1) is 0 Å². The minimum atomic E-state index is -1.12. The van der Waals surface area contributed by atoms with Crippen molar-refractivity contribution in [3.63, 3.8) is 0 Å². The average molecular weight is 200 g/mol. The molecule has 0 aliphatic heterocycles. The van der Waals surface area contributed by atoms with Crippen LogP contribution >= 0.6 is 11.6 Å². The normalized spacial score (nSPS) is 9.62. The molecule has 1 rings (SSSR count). The number of rotatable bonds is 4. The summed E-state index contributed by atoms with van der Waals surface area (Å²) in [7, 11) is 0. The first-order valence-corrected chi connectivity index (χ1v) is 4.14. The lowest BCUT2D eigenvalue weighted by Crippen LogP contribution is -2.24. The second-order valence-electron chi connectivity index (χ2n) is 2.42. The van der Waals surface area contributed by atoms with E-state index < -0.39 is 5.97 Å². The lowest BCUT2D eigenvalue weighted by molar-refractivity contribution is -0.306. The minimum Gasteiger partial charge on any atom is -0.550 e. The van der Waals surface area contributed by atoms with Gasteiger partial charge in [0.25, 0.3) is 0 Å². The fraction of sp³-hybridized carbons (Fsp3) is 0.222. The summed E-state index contributed by atoms with van der Waals surface area (Å²) in [6.45, 7) is 0.115. The van der Waals surface area contributed by atoms with Crippen molar-refractivity contribution in [1.82, 2.24) is 0 Å². The zero-order chi connectivity index (χ0) is 9.68. The first-order valence-electron chi connectivity index (χ1n) is 3.76. The van der Waals surface area contributed by atoms with Gasteiger partial charge in [-0.25, -0.2) is 0 Å². The van der Waals surface area contributed by atoms with Gasteiger partial charge in [-0.2, -0.15) is 0 Å². The van der Waals surface area contributed by atoms with Crippen molar-refractivity contribution >= 4 is 17.6 Å². The molecule has 1 aromatic carbocycles. The highest BCUT2D eigenvalue weighted by atomic mass is 35.5. The van der Waals surface area contributed by atoms with Crippen LogP contribution in [0.2, 0.25) is 5.02 Å². The van der Waals surface area contributed by atoms with Crippen molar-refractivity contribution in [2.24, 2.45) is 0 Å².